The van der Waals surface area contributed by atoms with Gasteiger partial charge in [-0.15, -0.1) is 0 Å². The fourth-order valence-electron chi connectivity index (χ4n) is 3.55. The third-order valence-corrected chi connectivity index (χ3v) is 5.08. The summed E-state index contributed by atoms with van der Waals surface area (Å²) >= 11 is 6.12. The van der Waals surface area contributed by atoms with Gasteiger partial charge >= 0.3 is 0 Å². The molecule has 2 atom stereocenters. The Kier molecular flexibility index (Phi) is 5.09. The first-order chi connectivity index (χ1) is 9.43. The highest BCUT2D eigenvalue weighted by molar-refractivity contribution is 6.31. The molecule has 20 heavy (non-hydrogen) atoms. The molecule has 1 aliphatic rings. The Morgan fingerprint density at radius 1 is 1.35 bits per heavy atom. The molecule has 1 aliphatic carbocycles. The summed E-state index contributed by atoms with van der Waals surface area (Å²) in [6.07, 6.45) is 4.58. The largest absolute Gasteiger partial charge is 0.319 e. The van der Waals surface area contributed by atoms with Crippen LogP contribution < -0.4 is 5.32 Å². The van der Waals surface area contributed by atoms with Crippen LogP contribution in [0.5, 0.6) is 0 Å². The van der Waals surface area contributed by atoms with E-state index in [0.717, 1.165) is 18.5 Å². The Morgan fingerprint density at radius 2 is 2.10 bits per heavy atom. The number of hydrogen-bond acceptors (Lipinski definition) is 1. The second-order valence-electron chi connectivity index (χ2n) is 6.90. The van der Waals surface area contributed by atoms with E-state index in [0.29, 0.717) is 22.3 Å². The minimum Gasteiger partial charge on any atom is -0.319 e. The zero-order valence-electron chi connectivity index (χ0n) is 12.7. The van der Waals surface area contributed by atoms with Crippen molar-refractivity contribution < 1.29 is 4.39 Å². The van der Waals surface area contributed by atoms with Crippen LogP contribution in [0, 0.1) is 23.1 Å². The van der Waals surface area contributed by atoms with Gasteiger partial charge in [-0.25, -0.2) is 4.39 Å². The lowest BCUT2D eigenvalue weighted by atomic mass is 9.65. The molecule has 1 nitrogen and oxygen atoms in total. The monoisotopic (exact) mass is 297 g/mol. The van der Waals surface area contributed by atoms with Crippen molar-refractivity contribution >= 4 is 11.6 Å². The molecule has 0 amide bonds. The van der Waals surface area contributed by atoms with E-state index in [2.05, 4.69) is 19.2 Å². The fourth-order valence-corrected chi connectivity index (χ4v) is 3.75. The maximum Gasteiger partial charge on any atom is 0.142 e. The quantitative estimate of drug-likeness (QED) is 0.850. The molecule has 0 spiro atoms. The lowest BCUT2D eigenvalue weighted by Crippen LogP contribution is -2.36. The molecule has 0 heterocycles. The van der Waals surface area contributed by atoms with Crippen molar-refractivity contribution in [3.63, 3.8) is 0 Å². The summed E-state index contributed by atoms with van der Waals surface area (Å²) in [6.45, 7) is 5.71. The SMILES string of the molecule is CNCC1CCC(C)(C)CC1Cc1cccc(F)c1Cl. The summed E-state index contributed by atoms with van der Waals surface area (Å²) in [5, 5.41) is 3.60. The molecule has 112 valence electrons. The van der Waals surface area contributed by atoms with Crippen LogP contribution in [-0.4, -0.2) is 13.6 Å². The van der Waals surface area contributed by atoms with Gasteiger partial charge in [-0.2, -0.15) is 0 Å². The second kappa shape index (κ2) is 6.44. The van der Waals surface area contributed by atoms with Crippen LogP contribution in [0.1, 0.15) is 38.7 Å². The van der Waals surface area contributed by atoms with Crippen LogP contribution in [-0.2, 0) is 6.42 Å². The molecule has 1 fully saturated rings. The van der Waals surface area contributed by atoms with Gasteiger partial charge in [0.05, 0.1) is 5.02 Å². The molecule has 0 aliphatic heterocycles. The van der Waals surface area contributed by atoms with Gasteiger partial charge < -0.3 is 5.32 Å². The van der Waals surface area contributed by atoms with Crippen molar-refractivity contribution in [1.29, 1.82) is 0 Å². The first kappa shape index (κ1) is 15.8. The Labute approximate surface area is 126 Å². The van der Waals surface area contributed by atoms with Gasteiger partial charge in [0.1, 0.15) is 5.82 Å². The predicted octanol–water partition coefficient (Wildman–Crippen LogP) is 4.68. The summed E-state index contributed by atoms with van der Waals surface area (Å²) < 4.78 is 13.6. The summed E-state index contributed by atoms with van der Waals surface area (Å²) in [5.74, 6) is 0.933. The first-order valence-electron chi connectivity index (χ1n) is 7.50. The number of nitrogens with one attached hydrogen (secondary N) is 1. The average Bonchev–Trinajstić information content (AvgIpc) is 2.38. The Bertz CT molecular complexity index is 458. The van der Waals surface area contributed by atoms with Crippen molar-refractivity contribution in [2.24, 2.45) is 17.3 Å². The van der Waals surface area contributed by atoms with E-state index in [1.807, 2.05) is 13.1 Å². The van der Waals surface area contributed by atoms with Crippen LogP contribution >= 0.6 is 11.6 Å². The van der Waals surface area contributed by atoms with E-state index < -0.39 is 0 Å². The summed E-state index contributed by atoms with van der Waals surface area (Å²) in [6, 6.07) is 5.16. The molecule has 2 unspecified atom stereocenters. The maximum absolute atomic E-state index is 13.6. The molecule has 1 N–H and O–H groups in total. The van der Waals surface area contributed by atoms with Crippen molar-refractivity contribution in [3.8, 4) is 0 Å². The summed E-state index contributed by atoms with van der Waals surface area (Å²) in [5.41, 5.74) is 1.34. The summed E-state index contributed by atoms with van der Waals surface area (Å²) in [7, 11) is 2.01. The van der Waals surface area contributed by atoms with Crippen LogP contribution in [0.15, 0.2) is 18.2 Å². The van der Waals surface area contributed by atoms with Crippen molar-refractivity contribution in [3.05, 3.63) is 34.6 Å². The summed E-state index contributed by atoms with van der Waals surface area (Å²) in [4.78, 5) is 0. The zero-order valence-corrected chi connectivity index (χ0v) is 13.4. The maximum atomic E-state index is 13.6. The van der Waals surface area contributed by atoms with Crippen LogP contribution in [0.2, 0.25) is 5.02 Å². The number of hydrogen-bond donors (Lipinski definition) is 1. The molecular formula is C17H25ClFN. The van der Waals surface area contributed by atoms with Gasteiger partial charge in [-0.05, 0) is 68.2 Å². The standard InChI is InChI=1S/C17H25ClFN/c1-17(2)8-7-13(11-20-3)14(10-17)9-12-5-4-6-15(19)16(12)18/h4-6,13-14,20H,7-11H2,1-3H3. The molecular weight excluding hydrogens is 273 g/mol. The van der Waals surface area contributed by atoms with Crippen molar-refractivity contribution in [2.75, 3.05) is 13.6 Å². The van der Waals surface area contributed by atoms with Crippen LogP contribution in [0.25, 0.3) is 0 Å². The van der Waals surface area contributed by atoms with E-state index in [4.69, 9.17) is 11.6 Å². The highest BCUT2D eigenvalue weighted by Gasteiger charge is 2.34. The molecule has 3 heteroatoms. The molecule has 0 bridgehead atoms. The van der Waals surface area contributed by atoms with Crippen LogP contribution in [0.3, 0.4) is 0 Å². The number of benzene rings is 1. The molecule has 0 aromatic heterocycles. The van der Waals surface area contributed by atoms with E-state index in [1.165, 1.54) is 25.3 Å². The lowest BCUT2D eigenvalue weighted by molar-refractivity contribution is 0.117. The van der Waals surface area contributed by atoms with Gasteiger partial charge in [-0.1, -0.05) is 37.6 Å². The Balaban J connectivity index is 2.16. The number of rotatable bonds is 4. The molecule has 1 saturated carbocycles. The zero-order chi connectivity index (χ0) is 14.8. The fraction of sp³-hybridized carbons (Fsp3) is 0.647. The second-order valence-corrected chi connectivity index (χ2v) is 7.28. The Hall–Kier alpha value is -0.600. The van der Waals surface area contributed by atoms with Crippen molar-refractivity contribution in [2.45, 2.75) is 39.5 Å². The van der Waals surface area contributed by atoms with Gasteiger partial charge in [-0.3, -0.25) is 0 Å². The predicted molar refractivity (Wildman–Crippen MR) is 83.7 cm³/mol. The Morgan fingerprint density at radius 3 is 2.80 bits per heavy atom. The molecule has 1 aromatic carbocycles. The smallest absolute Gasteiger partial charge is 0.142 e. The average molecular weight is 298 g/mol. The third-order valence-electron chi connectivity index (χ3n) is 4.65. The minimum absolute atomic E-state index is 0.301. The van der Waals surface area contributed by atoms with E-state index in [-0.39, 0.29) is 5.82 Å². The lowest BCUT2D eigenvalue weighted by Gasteiger charge is -2.41. The van der Waals surface area contributed by atoms with E-state index >= 15 is 0 Å². The first-order valence-corrected chi connectivity index (χ1v) is 7.88. The van der Waals surface area contributed by atoms with Gasteiger partial charge in [0.15, 0.2) is 0 Å². The molecule has 1 aromatic rings. The molecule has 2 rings (SSSR count). The van der Waals surface area contributed by atoms with Crippen molar-refractivity contribution in [1.82, 2.24) is 5.32 Å². The van der Waals surface area contributed by atoms with E-state index in [9.17, 15) is 4.39 Å². The minimum atomic E-state index is -0.301. The van der Waals surface area contributed by atoms with Gasteiger partial charge in [0.25, 0.3) is 0 Å². The molecule has 0 saturated heterocycles. The highest BCUT2D eigenvalue weighted by Crippen LogP contribution is 2.43. The normalized spacial score (nSPS) is 25.6. The number of halogens is 2. The third kappa shape index (κ3) is 3.73. The van der Waals surface area contributed by atoms with E-state index in [1.54, 1.807) is 6.07 Å². The topological polar surface area (TPSA) is 12.0 Å². The van der Waals surface area contributed by atoms with Gasteiger partial charge in [0, 0.05) is 0 Å². The molecule has 0 radical (unpaired) electrons. The van der Waals surface area contributed by atoms with Gasteiger partial charge in [0.2, 0.25) is 0 Å². The van der Waals surface area contributed by atoms with Crippen LogP contribution in [0.4, 0.5) is 4.39 Å². The highest BCUT2D eigenvalue weighted by atomic mass is 35.5.